The molecule has 1 rings (SSSR count). The Kier molecular flexibility index (Phi) is 22.1. The summed E-state index contributed by atoms with van der Waals surface area (Å²) in [6.07, 6.45) is 14.4. The lowest BCUT2D eigenvalue weighted by Gasteiger charge is -2.22. The van der Waals surface area contributed by atoms with Crippen molar-refractivity contribution in [1.29, 1.82) is 0 Å². The van der Waals surface area contributed by atoms with Crippen molar-refractivity contribution >= 4 is 0 Å². The van der Waals surface area contributed by atoms with Gasteiger partial charge in [0.05, 0.1) is 0 Å². The SMILES string of the molecule is CC.CC.CCCCCCCCCN1CCCC[C@@H](C)C1. The van der Waals surface area contributed by atoms with Gasteiger partial charge in [-0.15, -0.1) is 0 Å². The van der Waals surface area contributed by atoms with Gasteiger partial charge >= 0.3 is 0 Å². The third-order valence-corrected chi connectivity index (χ3v) is 4.07. The zero-order chi connectivity index (χ0) is 16.3. The molecule has 0 aromatic rings. The van der Waals surface area contributed by atoms with Crippen LogP contribution in [0.1, 0.15) is 106 Å². The van der Waals surface area contributed by atoms with Crippen LogP contribution in [-0.4, -0.2) is 24.5 Å². The molecule has 1 saturated heterocycles. The fourth-order valence-electron chi connectivity index (χ4n) is 2.95. The first kappa shape index (κ1) is 23.2. The van der Waals surface area contributed by atoms with Crippen LogP contribution in [0.15, 0.2) is 0 Å². The maximum Gasteiger partial charge on any atom is 0.000702 e. The molecule has 0 aromatic carbocycles. The Morgan fingerprint density at radius 1 is 0.810 bits per heavy atom. The van der Waals surface area contributed by atoms with Crippen molar-refractivity contribution in [3.8, 4) is 0 Å². The molecule has 0 saturated carbocycles. The fourth-order valence-corrected chi connectivity index (χ4v) is 2.95. The Labute approximate surface area is 136 Å². The molecule has 0 amide bonds. The minimum Gasteiger partial charge on any atom is -0.303 e. The molecular formula is C20H45N. The highest BCUT2D eigenvalue weighted by Gasteiger charge is 2.13. The van der Waals surface area contributed by atoms with E-state index in [0.29, 0.717) is 0 Å². The van der Waals surface area contributed by atoms with Gasteiger partial charge in [0, 0.05) is 6.54 Å². The summed E-state index contributed by atoms with van der Waals surface area (Å²) in [6.45, 7) is 16.8. The van der Waals surface area contributed by atoms with Gasteiger partial charge in [0.1, 0.15) is 0 Å². The number of rotatable bonds is 8. The average Bonchev–Trinajstić information content (AvgIpc) is 2.74. The smallest absolute Gasteiger partial charge is 0.000702 e. The molecule has 0 bridgehead atoms. The predicted molar refractivity (Wildman–Crippen MR) is 100 cm³/mol. The van der Waals surface area contributed by atoms with E-state index in [2.05, 4.69) is 18.7 Å². The van der Waals surface area contributed by atoms with E-state index in [0.717, 1.165) is 5.92 Å². The summed E-state index contributed by atoms with van der Waals surface area (Å²) in [6, 6.07) is 0. The molecule has 1 aliphatic heterocycles. The first-order chi connectivity index (χ1) is 10.3. The second kappa shape index (κ2) is 20.0. The summed E-state index contributed by atoms with van der Waals surface area (Å²) < 4.78 is 0. The van der Waals surface area contributed by atoms with Gasteiger partial charge in [-0.2, -0.15) is 0 Å². The van der Waals surface area contributed by atoms with Crippen LogP contribution in [-0.2, 0) is 0 Å². The van der Waals surface area contributed by atoms with Gasteiger partial charge in [0.2, 0.25) is 0 Å². The fraction of sp³-hybridized carbons (Fsp3) is 1.00. The van der Waals surface area contributed by atoms with Crippen molar-refractivity contribution in [2.24, 2.45) is 5.92 Å². The Balaban J connectivity index is 0. The number of nitrogens with zero attached hydrogens (tertiary/aromatic N) is 1. The highest BCUT2D eigenvalue weighted by Crippen LogP contribution is 2.16. The first-order valence-electron chi connectivity index (χ1n) is 10.0. The maximum absolute atomic E-state index is 2.71. The quantitative estimate of drug-likeness (QED) is 0.440. The molecule has 1 aliphatic rings. The summed E-state index contributed by atoms with van der Waals surface area (Å²) in [5.41, 5.74) is 0. The van der Waals surface area contributed by atoms with Crippen LogP contribution in [0.3, 0.4) is 0 Å². The summed E-state index contributed by atoms with van der Waals surface area (Å²) in [4.78, 5) is 2.71. The summed E-state index contributed by atoms with van der Waals surface area (Å²) >= 11 is 0. The van der Waals surface area contributed by atoms with E-state index in [1.165, 1.54) is 83.8 Å². The molecule has 1 atom stereocenters. The van der Waals surface area contributed by atoms with Crippen molar-refractivity contribution in [3.05, 3.63) is 0 Å². The summed E-state index contributed by atoms with van der Waals surface area (Å²) in [5.74, 6) is 0.932. The molecule has 0 aromatic heterocycles. The molecule has 0 aliphatic carbocycles. The predicted octanol–water partition coefficient (Wildman–Crippen LogP) is 6.91. The van der Waals surface area contributed by atoms with Crippen LogP contribution in [0.25, 0.3) is 0 Å². The third-order valence-electron chi connectivity index (χ3n) is 4.07. The standard InChI is InChI=1S/C16H33N.2C2H6/c1-3-4-5-6-7-8-10-13-17-14-11-9-12-16(2)15-17;2*1-2/h16H,3-15H2,1-2H3;2*1-2H3/t16-;;/m1../s1. The van der Waals surface area contributed by atoms with E-state index in [1.807, 2.05) is 27.7 Å². The second-order valence-corrected chi connectivity index (χ2v) is 6.02. The van der Waals surface area contributed by atoms with Gasteiger partial charge in [-0.3, -0.25) is 0 Å². The molecule has 1 heteroatoms. The van der Waals surface area contributed by atoms with Gasteiger partial charge in [0.15, 0.2) is 0 Å². The monoisotopic (exact) mass is 299 g/mol. The Bertz CT molecular complexity index is 167. The van der Waals surface area contributed by atoms with E-state index >= 15 is 0 Å². The van der Waals surface area contributed by atoms with Gasteiger partial charge in [-0.25, -0.2) is 0 Å². The zero-order valence-electron chi connectivity index (χ0n) is 16.2. The normalized spacial score (nSPS) is 18.9. The highest BCUT2D eigenvalue weighted by molar-refractivity contribution is 4.68. The lowest BCUT2D eigenvalue weighted by atomic mass is 10.1. The van der Waals surface area contributed by atoms with Crippen molar-refractivity contribution in [2.45, 2.75) is 106 Å². The molecule has 0 unspecified atom stereocenters. The summed E-state index contributed by atoms with van der Waals surface area (Å²) in [5, 5.41) is 0. The minimum absolute atomic E-state index is 0.932. The molecule has 0 N–H and O–H groups in total. The lowest BCUT2D eigenvalue weighted by molar-refractivity contribution is 0.250. The largest absolute Gasteiger partial charge is 0.303 e. The van der Waals surface area contributed by atoms with Crippen LogP contribution in [0.5, 0.6) is 0 Å². The van der Waals surface area contributed by atoms with Crippen molar-refractivity contribution in [2.75, 3.05) is 19.6 Å². The van der Waals surface area contributed by atoms with Crippen LogP contribution in [0.4, 0.5) is 0 Å². The molecule has 1 fully saturated rings. The highest BCUT2D eigenvalue weighted by atomic mass is 15.1. The molecule has 0 radical (unpaired) electrons. The Morgan fingerprint density at radius 3 is 2.00 bits per heavy atom. The molecule has 21 heavy (non-hydrogen) atoms. The first-order valence-corrected chi connectivity index (χ1v) is 10.0. The average molecular weight is 300 g/mol. The van der Waals surface area contributed by atoms with Crippen LogP contribution >= 0.6 is 0 Å². The molecular weight excluding hydrogens is 254 g/mol. The summed E-state index contributed by atoms with van der Waals surface area (Å²) in [7, 11) is 0. The molecule has 130 valence electrons. The van der Waals surface area contributed by atoms with E-state index in [-0.39, 0.29) is 0 Å². The van der Waals surface area contributed by atoms with Crippen molar-refractivity contribution < 1.29 is 0 Å². The zero-order valence-corrected chi connectivity index (χ0v) is 16.2. The second-order valence-electron chi connectivity index (χ2n) is 6.02. The van der Waals surface area contributed by atoms with Crippen LogP contribution < -0.4 is 0 Å². The van der Waals surface area contributed by atoms with Crippen LogP contribution in [0.2, 0.25) is 0 Å². The molecule has 1 nitrogen and oxygen atoms in total. The third kappa shape index (κ3) is 16.2. The van der Waals surface area contributed by atoms with Crippen LogP contribution in [0, 0.1) is 5.92 Å². The Hall–Kier alpha value is -0.0400. The maximum atomic E-state index is 2.71. The lowest BCUT2D eigenvalue weighted by Crippen LogP contribution is -2.28. The van der Waals surface area contributed by atoms with E-state index in [9.17, 15) is 0 Å². The minimum atomic E-state index is 0.932. The van der Waals surface area contributed by atoms with Gasteiger partial charge < -0.3 is 4.90 Å². The van der Waals surface area contributed by atoms with Gasteiger partial charge in [-0.1, -0.05) is 86.5 Å². The van der Waals surface area contributed by atoms with Gasteiger partial charge in [-0.05, 0) is 38.3 Å². The van der Waals surface area contributed by atoms with Gasteiger partial charge in [0.25, 0.3) is 0 Å². The Morgan fingerprint density at radius 2 is 1.38 bits per heavy atom. The number of likely N-dealkylation sites (tertiary alicyclic amines) is 1. The van der Waals surface area contributed by atoms with E-state index in [1.54, 1.807) is 0 Å². The van der Waals surface area contributed by atoms with Crippen molar-refractivity contribution in [1.82, 2.24) is 4.90 Å². The van der Waals surface area contributed by atoms with Crippen molar-refractivity contribution in [3.63, 3.8) is 0 Å². The van der Waals surface area contributed by atoms with E-state index < -0.39 is 0 Å². The number of hydrogen-bond acceptors (Lipinski definition) is 1. The molecule has 1 heterocycles. The molecule has 0 spiro atoms. The number of unbranched alkanes of at least 4 members (excludes halogenated alkanes) is 6. The topological polar surface area (TPSA) is 3.24 Å². The number of hydrogen-bond donors (Lipinski definition) is 0. The van der Waals surface area contributed by atoms with E-state index in [4.69, 9.17) is 0 Å².